The van der Waals surface area contributed by atoms with E-state index < -0.39 is 37.5 Å². The summed E-state index contributed by atoms with van der Waals surface area (Å²) in [7, 11) is -19.7. The highest BCUT2D eigenvalue weighted by Crippen LogP contribution is 2.80. The minimum atomic E-state index is -3.94. The summed E-state index contributed by atoms with van der Waals surface area (Å²) in [6.07, 6.45) is 34.6. The Hall–Kier alpha value is -6.75. The van der Waals surface area contributed by atoms with E-state index in [2.05, 4.69) is 0 Å². The van der Waals surface area contributed by atoms with Crippen LogP contribution in [-0.4, -0.2) is 95.5 Å². The average molecular weight is 896 g/mol. The molecule has 11 rings (SSSR count). The fraction of sp³-hybridized carbons (Fsp3) is 0. The first-order valence-electron chi connectivity index (χ1n) is 17.8. The van der Waals surface area contributed by atoms with Gasteiger partial charge in [0.15, 0.2) is 0 Å². The maximum atomic E-state index is 6.00. The van der Waals surface area contributed by atoms with Gasteiger partial charge in [-0.25, -0.2) is 0 Å². The molecule has 0 N–H and O–H groups in total. The molecular weight excluding hydrogens is 865 g/mol. The smallest absolute Gasteiger partial charge is 0.199 e. The zero-order chi connectivity index (χ0) is 40.1. The van der Waals surface area contributed by atoms with E-state index in [-0.39, 0.29) is 0 Å². The predicted molar refractivity (Wildman–Crippen MR) is 223 cm³/mol. The Morgan fingerprint density at radius 2 is 0.300 bits per heavy atom. The van der Waals surface area contributed by atoms with Crippen molar-refractivity contribution in [3.8, 4) is 0 Å². The molecule has 1 aliphatic rings. The van der Waals surface area contributed by atoms with Crippen molar-refractivity contribution >= 4 is 37.5 Å². The average Bonchev–Trinajstić information content (AvgIpc) is 4.16. The lowest BCUT2D eigenvalue weighted by molar-refractivity contribution is 0.849. The van der Waals surface area contributed by atoms with Crippen molar-refractivity contribution in [2.24, 2.45) is 22.6 Å². The fourth-order valence-corrected chi connectivity index (χ4v) is 27.2. The Morgan fingerprint density at radius 1 is 0.183 bits per heavy atom. The molecule has 25 nitrogen and oxygen atoms in total. The Balaban J connectivity index is 1.56. The van der Waals surface area contributed by atoms with Crippen molar-refractivity contribution in [2.75, 3.05) is 0 Å². The van der Waals surface area contributed by atoms with E-state index in [0.717, 1.165) is 0 Å². The molecule has 10 aromatic heterocycles. The zero-order valence-electron chi connectivity index (χ0n) is 30.7. The van der Waals surface area contributed by atoms with E-state index in [1.54, 1.807) is 229 Å². The summed E-state index contributed by atoms with van der Waals surface area (Å²) in [5.41, 5.74) is 0. The molecule has 0 radical (unpaired) electrons. The summed E-state index contributed by atoms with van der Waals surface area (Å²) in [4.78, 5) is 0. The van der Waals surface area contributed by atoms with Crippen LogP contribution in [0.3, 0.4) is 0 Å². The van der Waals surface area contributed by atoms with Crippen LogP contribution in [0.5, 0.6) is 0 Å². The van der Waals surface area contributed by atoms with Crippen LogP contribution in [0.1, 0.15) is 0 Å². The highest BCUT2D eigenvalue weighted by atomic mass is 31.3. The molecule has 300 valence electrons. The van der Waals surface area contributed by atoms with Crippen molar-refractivity contribution in [1.82, 2.24) is 95.5 Å². The van der Waals surface area contributed by atoms with Crippen LogP contribution in [0, 0.1) is 0 Å². The van der Waals surface area contributed by atoms with Crippen molar-refractivity contribution in [3.05, 3.63) is 185 Å². The first kappa shape index (κ1) is 36.3. The predicted octanol–water partition coefficient (Wildman–Crippen LogP) is 7.18. The van der Waals surface area contributed by atoms with Crippen molar-refractivity contribution in [1.29, 1.82) is 0 Å². The number of hydrogen-bond acceptors (Lipinski definition) is 15. The summed E-state index contributed by atoms with van der Waals surface area (Å²) < 4.78 is 47.1. The van der Waals surface area contributed by atoms with Gasteiger partial charge in [0, 0.05) is 124 Å². The highest BCUT2D eigenvalue weighted by molar-refractivity contribution is 7.84. The van der Waals surface area contributed by atoms with E-state index in [9.17, 15) is 0 Å². The Morgan fingerprint density at radius 3 is 0.383 bits per heavy atom. The number of nitrogens with zero attached hydrogens (tertiary/aromatic N) is 25. The van der Waals surface area contributed by atoms with Crippen LogP contribution in [0.2, 0.25) is 0 Å². The monoisotopic (exact) mass is 895 g/mol. The minimum Gasteiger partial charge on any atom is -0.199 e. The van der Waals surface area contributed by atoms with E-state index in [0.29, 0.717) is 0 Å². The molecule has 0 fully saturated rings. The summed E-state index contributed by atoms with van der Waals surface area (Å²) in [5, 5.41) is 49.0. The molecular formula is C30H30N25P5. The summed E-state index contributed by atoms with van der Waals surface area (Å²) in [5.74, 6) is 0. The normalized spacial score (nSPS) is 17.7. The highest BCUT2D eigenvalue weighted by Gasteiger charge is 2.47. The van der Waals surface area contributed by atoms with Gasteiger partial charge in [-0.2, -0.15) is 118 Å². The molecule has 0 amide bonds. The molecule has 11 heterocycles. The molecule has 0 spiro atoms. The molecule has 60 heavy (non-hydrogen) atoms. The molecule has 0 bridgehead atoms. The number of aromatic nitrogens is 20. The molecule has 30 heteroatoms. The minimum absolute atomic E-state index is 1.66. The van der Waals surface area contributed by atoms with Crippen LogP contribution in [-0.2, 0) is 0 Å². The summed E-state index contributed by atoms with van der Waals surface area (Å²) in [6.45, 7) is 0. The third kappa shape index (κ3) is 5.51. The Labute approximate surface area is 339 Å². The molecule has 0 saturated carbocycles. The second kappa shape index (κ2) is 14.2. The van der Waals surface area contributed by atoms with Gasteiger partial charge < -0.3 is 0 Å². The number of hydrogen-bond donors (Lipinski definition) is 0. The standard InChI is InChI=1S/C30H30N25P5/c1-11-31-46(21-1)56(47-22-2-12-32-47)41-57(48-23-3-13-33-48,49-24-4-14-34-49)43-59(52-27-7-17-37-52,53-28-8-18-38-53)45-60(54-29-9-19-39-54,55-30-10-20-40-55)44-58(42-56,50-25-5-15-35-50)51-26-6-16-36-51/h1-30H. The summed E-state index contributed by atoms with van der Waals surface area (Å²) in [6, 6.07) is 18.0. The Bertz CT molecular complexity index is 2500. The summed E-state index contributed by atoms with van der Waals surface area (Å²) >= 11 is 0. The van der Waals surface area contributed by atoms with Crippen LogP contribution >= 0.6 is 37.5 Å². The lowest BCUT2D eigenvalue weighted by Gasteiger charge is -2.35. The second-order valence-electron chi connectivity index (χ2n) is 12.4. The third-order valence-electron chi connectivity index (χ3n) is 8.85. The third-order valence-corrected chi connectivity index (χ3v) is 26.3. The van der Waals surface area contributed by atoms with Crippen molar-refractivity contribution in [3.63, 3.8) is 0 Å². The van der Waals surface area contributed by atoms with E-state index in [4.69, 9.17) is 73.6 Å². The van der Waals surface area contributed by atoms with Crippen LogP contribution in [0.25, 0.3) is 0 Å². The van der Waals surface area contributed by atoms with Gasteiger partial charge in [-0.05, 0) is 60.7 Å². The maximum Gasteiger partial charge on any atom is 0.313 e. The van der Waals surface area contributed by atoms with E-state index in [1.165, 1.54) is 0 Å². The van der Waals surface area contributed by atoms with E-state index in [1.807, 2.05) is 0 Å². The quantitative estimate of drug-likeness (QED) is 0.125. The zero-order valence-corrected chi connectivity index (χ0v) is 35.2. The largest absolute Gasteiger partial charge is 0.313 e. The molecule has 10 aromatic rings. The van der Waals surface area contributed by atoms with Crippen LogP contribution in [0.15, 0.2) is 207 Å². The number of rotatable bonds is 10. The lowest BCUT2D eigenvalue weighted by Crippen LogP contribution is -2.17. The SMILES string of the molecule is c1cnn(P2(n3cccn3)=NP(n3cccn3)(n3cccn3)=NP(n3cccn3)(n3cccn3)=NP(n3cccn3)(n3cccn3)=NP(n3cccn3)(n3cccn3)=N2)c1. The molecule has 0 unspecified atom stereocenters. The second-order valence-corrected chi connectivity index (χ2v) is 25.4. The Kier molecular flexibility index (Phi) is 8.61. The van der Waals surface area contributed by atoms with Gasteiger partial charge in [-0.15, -0.1) is 0 Å². The van der Waals surface area contributed by atoms with Gasteiger partial charge in [-0.3, -0.25) is 0 Å². The first-order valence-corrected chi connectivity index (χ1v) is 25.8. The lowest BCUT2D eigenvalue weighted by atomic mass is 10.8. The van der Waals surface area contributed by atoms with Gasteiger partial charge in [-0.1, -0.05) is 0 Å². The van der Waals surface area contributed by atoms with Gasteiger partial charge in [0.25, 0.3) is 0 Å². The van der Waals surface area contributed by atoms with Crippen molar-refractivity contribution in [2.45, 2.75) is 0 Å². The maximum absolute atomic E-state index is 6.00. The van der Waals surface area contributed by atoms with Crippen LogP contribution < -0.4 is 0 Å². The molecule has 0 aromatic carbocycles. The molecule has 1 aliphatic heterocycles. The molecule has 0 saturated heterocycles. The van der Waals surface area contributed by atoms with Crippen molar-refractivity contribution < 1.29 is 0 Å². The van der Waals surface area contributed by atoms with E-state index >= 15 is 0 Å². The van der Waals surface area contributed by atoms with Gasteiger partial charge in [0.2, 0.25) is 0 Å². The van der Waals surface area contributed by atoms with Crippen LogP contribution in [0.4, 0.5) is 0 Å². The molecule has 0 aliphatic carbocycles. The first-order chi connectivity index (χ1) is 29.6. The van der Waals surface area contributed by atoms with Gasteiger partial charge >= 0.3 is 37.5 Å². The fourth-order valence-electron chi connectivity index (χ4n) is 6.38. The topological polar surface area (TPSA) is 240 Å². The van der Waals surface area contributed by atoms with Gasteiger partial charge in [0.1, 0.15) is 0 Å². The molecule has 0 atom stereocenters. The van der Waals surface area contributed by atoms with Gasteiger partial charge in [0.05, 0.1) is 0 Å².